The minimum atomic E-state index is 0.841. The number of hydrogen-bond acceptors (Lipinski definition) is 2. The second kappa shape index (κ2) is 8.88. The molecule has 3 heteroatoms. The second-order valence-electron chi connectivity index (χ2n) is 2.35. The van der Waals surface area contributed by atoms with Gasteiger partial charge in [0.05, 0.1) is 0 Å². The van der Waals surface area contributed by atoms with Crippen LogP contribution in [0, 0.1) is 0 Å². The van der Waals surface area contributed by atoms with Gasteiger partial charge in [0.1, 0.15) is 6.67 Å². The average Bonchev–Trinajstić information content (AvgIpc) is 1.97. The van der Waals surface area contributed by atoms with Crippen molar-refractivity contribution in [1.29, 1.82) is 0 Å². The quantitative estimate of drug-likeness (QED) is 0.324. The largest absolute Gasteiger partial charge is 0.345 e. The number of nitrogens with one attached hydrogen (secondary N) is 2. The highest BCUT2D eigenvalue weighted by atomic mass is 15.0. The predicted molar refractivity (Wildman–Crippen MR) is 43.5 cm³/mol. The topological polar surface area (TPSA) is 51.7 Å². The van der Waals surface area contributed by atoms with Gasteiger partial charge in [0.15, 0.2) is 0 Å². The fraction of sp³-hybridized carbons (Fsp3) is 1.00. The molecule has 0 aliphatic heterocycles. The maximum atomic E-state index is 3.69. The first-order valence-electron chi connectivity index (χ1n) is 4.12. The zero-order chi connectivity index (χ0) is 7.66. The van der Waals surface area contributed by atoms with Crippen LogP contribution in [0.5, 0.6) is 0 Å². The number of rotatable bonds is 7. The van der Waals surface area contributed by atoms with E-state index in [2.05, 4.69) is 23.3 Å². The third kappa shape index (κ3) is 7.88. The van der Waals surface area contributed by atoms with Crippen LogP contribution in [0.2, 0.25) is 0 Å². The van der Waals surface area contributed by atoms with Crippen LogP contribution in [-0.2, 0) is 0 Å². The Bertz CT molecular complexity index is 48.8. The van der Waals surface area contributed by atoms with Crippen LogP contribution in [-0.4, -0.2) is 26.3 Å². The molecule has 0 unspecified atom stereocenters. The third-order valence-corrected chi connectivity index (χ3v) is 1.31. The van der Waals surface area contributed by atoms with Gasteiger partial charge in [-0.1, -0.05) is 6.92 Å². The maximum absolute atomic E-state index is 3.69. The highest BCUT2D eigenvalue weighted by Gasteiger charge is 1.85. The molecule has 0 heterocycles. The lowest BCUT2D eigenvalue weighted by Crippen LogP contribution is -2.57. The Labute approximate surface area is 63.4 Å². The van der Waals surface area contributed by atoms with Crippen LogP contribution in [0.4, 0.5) is 0 Å². The second-order valence-corrected chi connectivity index (χ2v) is 2.35. The van der Waals surface area contributed by atoms with E-state index >= 15 is 0 Å². The van der Waals surface area contributed by atoms with Crippen molar-refractivity contribution in [3.05, 3.63) is 0 Å². The van der Waals surface area contributed by atoms with E-state index in [4.69, 9.17) is 0 Å². The molecule has 0 saturated heterocycles. The smallest absolute Gasteiger partial charge is 0.127 e. The van der Waals surface area contributed by atoms with E-state index in [1.165, 1.54) is 12.8 Å². The van der Waals surface area contributed by atoms with E-state index in [-0.39, 0.29) is 0 Å². The first-order chi connectivity index (χ1) is 4.91. The van der Waals surface area contributed by atoms with E-state index in [9.17, 15) is 0 Å². The average molecular weight is 146 g/mol. The van der Waals surface area contributed by atoms with Gasteiger partial charge >= 0.3 is 0 Å². The van der Waals surface area contributed by atoms with Gasteiger partial charge < -0.3 is 11.1 Å². The maximum Gasteiger partial charge on any atom is 0.127 e. The Balaban J connectivity index is 2.65. The minimum absolute atomic E-state index is 0.841. The molecule has 62 valence electrons. The number of quaternary nitrogens is 1. The molecular formula is C7H20N3+. The van der Waals surface area contributed by atoms with E-state index in [0.717, 1.165) is 26.3 Å². The Kier molecular flexibility index (Phi) is 8.77. The van der Waals surface area contributed by atoms with E-state index in [0.29, 0.717) is 0 Å². The van der Waals surface area contributed by atoms with Gasteiger partial charge in [-0.2, -0.15) is 0 Å². The molecule has 0 atom stereocenters. The summed E-state index contributed by atoms with van der Waals surface area (Å²) in [6.07, 6.45) is 2.43. The summed E-state index contributed by atoms with van der Waals surface area (Å²) in [5.74, 6) is 0. The molecule has 0 amide bonds. The third-order valence-electron chi connectivity index (χ3n) is 1.31. The van der Waals surface area contributed by atoms with Crippen molar-refractivity contribution < 1.29 is 5.73 Å². The standard InChI is InChI=1S/C7H19N3/c1-2-4-9-5-3-6-10-7-8/h9-10H,2-8H2,1H3/p+1. The normalized spacial score (nSPS) is 10.2. The van der Waals surface area contributed by atoms with Crippen molar-refractivity contribution in [1.82, 2.24) is 10.6 Å². The summed E-state index contributed by atoms with van der Waals surface area (Å²) in [5.41, 5.74) is 3.69. The lowest BCUT2D eigenvalue weighted by Gasteiger charge is -2.01. The Hall–Kier alpha value is -0.120. The highest BCUT2D eigenvalue weighted by Crippen LogP contribution is 1.73. The van der Waals surface area contributed by atoms with Crippen LogP contribution in [0.15, 0.2) is 0 Å². The molecule has 0 fully saturated rings. The van der Waals surface area contributed by atoms with E-state index < -0.39 is 0 Å². The summed E-state index contributed by atoms with van der Waals surface area (Å²) in [4.78, 5) is 0. The molecule has 0 aliphatic carbocycles. The van der Waals surface area contributed by atoms with Gasteiger partial charge in [0.2, 0.25) is 0 Å². The summed E-state index contributed by atoms with van der Waals surface area (Å²) in [6, 6.07) is 0. The predicted octanol–water partition coefficient (Wildman–Crippen LogP) is -0.835. The molecule has 0 rings (SSSR count). The van der Waals surface area contributed by atoms with Crippen molar-refractivity contribution in [3.8, 4) is 0 Å². The zero-order valence-electron chi connectivity index (χ0n) is 6.95. The van der Waals surface area contributed by atoms with Gasteiger partial charge in [-0.15, -0.1) is 0 Å². The lowest BCUT2D eigenvalue weighted by atomic mass is 10.4. The molecule has 0 saturated carbocycles. The van der Waals surface area contributed by atoms with Gasteiger partial charge in [-0.05, 0) is 25.9 Å². The van der Waals surface area contributed by atoms with Crippen molar-refractivity contribution in [2.75, 3.05) is 26.3 Å². The van der Waals surface area contributed by atoms with Crippen molar-refractivity contribution in [2.24, 2.45) is 0 Å². The molecule has 0 aromatic heterocycles. The SMILES string of the molecule is CCCNCCCNC[NH3+]. The van der Waals surface area contributed by atoms with Crippen LogP contribution in [0.1, 0.15) is 19.8 Å². The monoisotopic (exact) mass is 146 g/mol. The molecule has 5 N–H and O–H groups in total. The Morgan fingerprint density at radius 3 is 2.40 bits per heavy atom. The molecule has 0 spiro atoms. The first kappa shape index (κ1) is 9.88. The fourth-order valence-corrected chi connectivity index (χ4v) is 0.765. The van der Waals surface area contributed by atoms with Gasteiger partial charge in [-0.3, -0.25) is 5.32 Å². The Morgan fingerprint density at radius 1 is 1.10 bits per heavy atom. The van der Waals surface area contributed by atoms with Gasteiger partial charge in [0.25, 0.3) is 0 Å². The summed E-state index contributed by atoms with van der Waals surface area (Å²) >= 11 is 0. The molecule has 0 aromatic rings. The zero-order valence-corrected chi connectivity index (χ0v) is 6.95. The van der Waals surface area contributed by atoms with Crippen LogP contribution in [0.25, 0.3) is 0 Å². The molecule has 0 aromatic carbocycles. The first-order valence-corrected chi connectivity index (χ1v) is 4.12. The number of hydrogen-bond donors (Lipinski definition) is 3. The molecule has 10 heavy (non-hydrogen) atoms. The van der Waals surface area contributed by atoms with Crippen molar-refractivity contribution in [2.45, 2.75) is 19.8 Å². The molecule has 0 bridgehead atoms. The van der Waals surface area contributed by atoms with Crippen LogP contribution >= 0.6 is 0 Å². The van der Waals surface area contributed by atoms with Crippen LogP contribution < -0.4 is 16.4 Å². The summed E-state index contributed by atoms with van der Waals surface area (Å²) in [5, 5.41) is 6.51. The van der Waals surface area contributed by atoms with Gasteiger partial charge in [0, 0.05) is 6.54 Å². The minimum Gasteiger partial charge on any atom is -0.345 e. The molecular weight excluding hydrogens is 126 g/mol. The van der Waals surface area contributed by atoms with E-state index in [1.54, 1.807) is 0 Å². The lowest BCUT2D eigenvalue weighted by molar-refractivity contribution is -0.374. The van der Waals surface area contributed by atoms with E-state index in [1.807, 2.05) is 0 Å². The molecule has 0 aliphatic rings. The van der Waals surface area contributed by atoms with Gasteiger partial charge in [-0.25, -0.2) is 0 Å². The molecule has 3 nitrogen and oxygen atoms in total. The fourth-order valence-electron chi connectivity index (χ4n) is 0.765. The van der Waals surface area contributed by atoms with Crippen LogP contribution in [0.3, 0.4) is 0 Å². The Morgan fingerprint density at radius 2 is 1.80 bits per heavy atom. The summed E-state index contributed by atoms with van der Waals surface area (Å²) < 4.78 is 0. The summed E-state index contributed by atoms with van der Waals surface area (Å²) in [7, 11) is 0. The summed E-state index contributed by atoms with van der Waals surface area (Å²) in [6.45, 7) is 6.38. The van der Waals surface area contributed by atoms with Crippen molar-refractivity contribution >= 4 is 0 Å². The van der Waals surface area contributed by atoms with Crippen molar-refractivity contribution in [3.63, 3.8) is 0 Å². The highest BCUT2D eigenvalue weighted by molar-refractivity contribution is 4.47. The molecule has 0 radical (unpaired) electrons.